The van der Waals surface area contributed by atoms with Crippen LogP contribution in [-0.4, -0.2) is 46.7 Å². The maximum Gasteiger partial charge on any atom is 0.174 e. The number of anilines is 1. The fourth-order valence-electron chi connectivity index (χ4n) is 3.19. The van der Waals surface area contributed by atoms with Gasteiger partial charge in [-0.3, -0.25) is 10.3 Å². The van der Waals surface area contributed by atoms with Crippen LogP contribution in [0.4, 0.5) is 10.1 Å². The van der Waals surface area contributed by atoms with Crippen molar-refractivity contribution in [3.63, 3.8) is 0 Å². The second-order valence-electron chi connectivity index (χ2n) is 6.24. The zero-order valence-corrected chi connectivity index (χ0v) is 15.3. The molecule has 0 spiro atoms. The van der Waals surface area contributed by atoms with Crippen LogP contribution in [0.3, 0.4) is 0 Å². The van der Waals surface area contributed by atoms with Crippen LogP contribution in [-0.2, 0) is 6.54 Å². The predicted octanol–water partition coefficient (Wildman–Crippen LogP) is 2.87. The van der Waals surface area contributed by atoms with Crippen molar-refractivity contribution in [1.29, 1.82) is 5.41 Å². The van der Waals surface area contributed by atoms with E-state index in [9.17, 15) is 4.39 Å². The molecule has 0 bridgehead atoms. The lowest BCUT2D eigenvalue weighted by Crippen LogP contribution is -2.37. The molecule has 1 saturated heterocycles. The third-order valence-electron chi connectivity index (χ3n) is 4.56. The first-order valence-corrected chi connectivity index (χ1v) is 9.03. The Morgan fingerprint density at radius 3 is 3.08 bits per heavy atom. The number of hydrogen-bond donors (Lipinski definition) is 3. The average molecular weight is 381 g/mol. The predicted molar refractivity (Wildman–Crippen MR) is 98.1 cm³/mol. The minimum atomic E-state index is -0.509. The van der Waals surface area contributed by atoms with Crippen molar-refractivity contribution in [1.82, 2.24) is 20.5 Å². The van der Waals surface area contributed by atoms with E-state index in [4.69, 9.17) is 21.6 Å². The molecule has 1 aliphatic rings. The Hall–Kier alpha value is -2.03. The van der Waals surface area contributed by atoms with E-state index < -0.39 is 5.82 Å². The molecule has 0 aliphatic carbocycles. The molecule has 0 saturated carbocycles. The summed E-state index contributed by atoms with van der Waals surface area (Å²) in [4.78, 5) is 2.46. The minimum Gasteiger partial charge on any atom is -0.339 e. The molecule has 1 unspecified atom stereocenters. The van der Waals surface area contributed by atoms with Gasteiger partial charge < -0.3 is 10.6 Å². The number of rotatable bonds is 7. The van der Waals surface area contributed by atoms with Crippen LogP contribution in [0.5, 0.6) is 0 Å². The van der Waals surface area contributed by atoms with Gasteiger partial charge in [-0.1, -0.05) is 23.7 Å². The first-order chi connectivity index (χ1) is 12.6. The lowest BCUT2D eigenvalue weighted by atomic mass is 10.2. The summed E-state index contributed by atoms with van der Waals surface area (Å²) < 4.78 is 18.0. The highest BCUT2D eigenvalue weighted by Crippen LogP contribution is 2.20. The second kappa shape index (κ2) is 8.57. The van der Waals surface area contributed by atoms with Crippen LogP contribution < -0.4 is 10.6 Å². The Balaban J connectivity index is 1.57. The van der Waals surface area contributed by atoms with Crippen LogP contribution in [0.25, 0.3) is 0 Å². The number of benzene rings is 1. The molecule has 1 atom stereocenters. The van der Waals surface area contributed by atoms with Gasteiger partial charge in [-0.2, -0.15) is 0 Å². The highest BCUT2D eigenvalue weighted by atomic mass is 35.5. The van der Waals surface area contributed by atoms with Gasteiger partial charge in [-0.05, 0) is 49.3 Å². The maximum absolute atomic E-state index is 13.2. The lowest BCUT2D eigenvalue weighted by Gasteiger charge is -2.22. The Kier molecular flexibility index (Phi) is 6.18. The topological polar surface area (TPSA) is 90.1 Å². The zero-order valence-electron chi connectivity index (χ0n) is 14.6. The number of likely N-dealkylation sites (tertiary alicyclic amines) is 1. The van der Waals surface area contributed by atoms with Crippen molar-refractivity contribution < 1.29 is 9.02 Å². The van der Waals surface area contributed by atoms with Gasteiger partial charge in [0.15, 0.2) is 11.5 Å². The van der Waals surface area contributed by atoms with Gasteiger partial charge in [0.25, 0.3) is 0 Å². The van der Waals surface area contributed by atoms with E-state index in [1.165, 1.54) is 31.0 Å². The van der Waals surface area contributed by atoms with Gasteiger partial charge in [0.1, 0.15) is 11.5 Å². The number of nitrogens with zero attached hydrogens (tertiary/aromatic N) is 3. The second-order valence-corrected chi connectivity index (χ2v) is 6.65. The molecule has 1 aromatic heterocycles. The minimum absolute atomic E-state index is 0.0139. The van der Waals surface area contributed by atoms with Crippen molar-refractivity contribution >= 4 is 23.1 Å². The monoisotopic (exact) mass is 380 g/mol. The van der Waals surface area contributed by atoms with Crippen LogP contribution in [0.2, 0.25) is 5.02 Å². The van der Waals surface area contributed by atoms with Crippen LogP contribution in [0, 0.1) is 11.2 Å². The summed E-state index contributed by atoms with van der Waals surface area (Å²) in [7, 11) is 0. The molecule has 0 amide bonds. The van der Waals surface area contributed by atoms with Gasteiger partial charge in [-0.25, -0.2) is 9.02 Å². The van der Waals surface area contributed by atoms with Crippen LogP contribution >= 0.6 is 11.6 Å². The molecule has 2 aromatic rings. The quantitative estimate of drug-likeness (QED) is 0.505. The molecular weight excluding hydrogens is 359 g/mol. The summed E-state index contributed by atoms with van der Waals surface area (Å²) in [5, 5.41) is 22.0. The number of aromatic nitrogens is 2. The highest BCUT2D eigenvalue weighted by molar-refractivity contribution is 6.31. The smallest absolute Gasteiger partial charge is 0.174 e. The number of amidine groups is 1. The van der Waals surface area contributed by atoms with Crippen molar-refractivity contribution in [3.8, 4) is 0 Å². The first-order valence-electron chi connectivity index (χ1n) is 8.65. The fourth-order valence-corrected chi connectivity index (χ4v) is 3.37. The molecule has 1 aliphatic heterocycles. The molecular formula is C17H22ClFN6O. The third-order valence-corrected chi connectivity index (χ3v) is 4.85. The van der Waals surface area contributed by atoms with Crippen molar-refractivity contribution in [2.75, 3.05) is 25.0 Å². The fraction of sp³-hybridized carbons (Fsp3) is 0.471. The molecule has 0 radical (unpaired) electrons. The van der Waals surface area contributed by atoms with E-state index in [0.717, 1.165) is 19.6 Å². The zero-order chi connectivity index (χ0) is 18.5. The van der Waals surface area contributed by atoms with Crippen molar-refractivity contribution in [2.45, 2.75) is 32.4 Å². The summed E-state index contributed by atoms with van der Waals surface area (Å²) in [6.07, 6.45) is 2.42. The third kappa shape index (κ3) is 4.38. The molecule has 140 valence electrons. The largest absolute Gasteiger partial charge is 0.339 e. The molecule has 9 heteroatoms. The number of halogens is 2. The Bertz CT molecular complexity index is 767. The summed E-state index contributed by atoms with van der Waals surface area (Å²) in [6.45, 7) is 5.69. The molecule has 2 heterocycles. The van der Waals surface area contributed by atoms with Gasteiger partial charge >= 0.3 is 0 Å². The summed E-state index contributed by atoms with van der Waals surface area (Å²) in [5.74, 6) is -0.494. The van der Waals surface area contributed by atoms with E-state index in [-0.39, 0.29) is 10.9 Å². The van der Waals surface area contributed by atoms with Gasteiger partial charge in [0.05, 0.1) is 5.02 Å². The van der Waals surface area contributed by atoms with E-state index in [1.807, 2.05) is 0 Å². The van der Waals surface area contributed by atoms with E-state index >= 15 is 0 Å². The first kappa shape index (κ1) is 18.8. The maximum atomic E-state index is 13.2. The Morgan fingerprint density at radius 2 is 2.31 bits per heavy atom. The van der Waals surface area contributed by atoms with Gasteiger partial charge in [-0.15, -0.1) is 0 Å². The lowest BCUT2D eigenvalue weighted by molar-refractivity contribution is 0.258. The highest BCUT2D eigenvalue weighted by Gasteiger charge is 2.23. The number of nitrogens with one attached hydrogen (secondary N) is 3. The molecule has 3 rings (SSSR count). The molecule has 7 nitrogen and oxygen atoms in total. The van der Waals surface area contributed by atoms with E-state index in [2.05, 4.69) is 32.8 Å². The molecule has 1 aromatic carbocycles. The molecule has 3 N–H and O–H groups in total. The Morgan fingerprint density at radius 1 is 1.46 bits per heavy atom. The van der Waals surface area contributed by atoms with E-state index in [0.29, 0.717) is 29.7 Å². The van der Waals surface area contributed by atoms with Crippen molar-refractivity contribution in [2.24, 2.45) is 0 Å². The summed E-state index contributed by atoms with van der Waals surface area (Å²) in [5.41, 5.74) is 1.36. The number of hydrogen-bond acceptors (Lipinski definition) is 6. The normalized spacial score (nSPS) is 17.6. The van der Waals surface area contributed by atoms with Crippen LogP contribution in [0.1, 0.15) is 31.2 Å². The average Bonchev–Trinajstić information content (AvgIpc) is 3.27. The van der Waals surface area contributed by atoms with Gasteiger partial charge in [0, 0.05) is 24.8 Å². The molecule has 1 fully saturated rings. The molecule has 26 heavy (non-hydrogen) atoms. The van der Waals surface area contributed by atoms with E-state index in [1.54, 1.807) is 0 Å². The Labute approximate surface area is 156 Å². The van der Waals surface area contributed by atoms with Gasteiger partial charge in [0.2, 0.25) is 0 Å². The van der Waals surface area contributed by atoms with Crippen molar-refractivity contribution in [3.05, 3.63) is 40.4 Å². The summed E-state index contributed by atoms with van der Waals surface area (Å²) in [6, 6.07) is 4.68. The SMILES string of the molecule is CCN1CCCC1CNCc1nonc1C(=N)Nc1ccc(F)c(Cl)c1. The summed E-state index contributed by atoms with van der Waals surface area (Å²) >= 11 is 5.76. The standard InChI is InChI=1S/C17H22ClFN6O/c1-2-25-7-3-4-12(25)9-21-10-15-16(24-26-23-15)17(20)22-11-5-6-14(19)13(18)8-11/h5-6,8,12,21H,2-4,7,9-10H2,1H3,(H2,20,22). The number of likely N-dealkylation sites (N-methyl/N-ethyl adjacent to an activating group) is 1. The van der Waals surface area contributed by atoms with Crippen LogP contribution in [0.15, 0.2) is 22.8 Å².